The number of fused-ring (bicyclic) bond motifs is 1. The van der Waals surface area contributed by atoms with E-state index in [0.29, 0.717) is 5.39 Å². The number of pyridine rings is 1. The maximum absolute atomic E-state index is 11.1. The van der Waals surface area contributed by atoms with E-state index in [-0.39, 0.29) is 10.6 Å². The molecule has 7 heteroatoms. The Balaban J connectivity index is 1.73. The second kappa shape index (κ2) is 6.67. The highest BCUT2D eigenvalue weighted by Gasteiger charge is 2.14. The number of non-ortho nitro benzene ring substituents is 1. The van der Waals surface area contributed by atoms with E-state index in [0.717, 1.165) is 50.5 Å². The number of nitrogens with one attached hydrogen (secondary N) is 1. The lowest BCUT2D eigenvalue weighted by Gasteiger charge is -2.26. The van der Waals surface area contributed by atoms with Gasteiger partial charge in [0.15, 0.2) is 0 Å². The molecule has 0 saturated carbocycles. The number of rotatable bonds is 5. The minimum atomic E-state index is -0.373. The minimum absolute atomic E-state index is 0.0850. The molecule has 116 valence electrons. The predicted molar refractivity (Wildman–Crippen MR) is 84.1 cm³/mol. The lowest BCUT2D eigenvalue weighted by Crippen LogP contribution is -2.39. The molecule has 2 heterocycles. The van der Waals surface area contributed by atoms with Gasteiger partial charge in [0.25, 0.3) is 5.69 Å². The van der Waals surface area contributed by atoms with E-state index in [4.69, 9.17) is 4.74 Å². The lowest BCUT2D eigenvalue weighted by molar-refractivity contribution is -0.383. The predicted octanol–water partition coefficient (Wildman–Crippen LogP) is 1.89. The van der Waals surface area contributed by atoms with E-state index in [1.165, 1.54) is 6.07 Å². The average molecular weight is 302 g/mol. The van der Waals surface area contributed by atoms with Gasteiger partial charge < -0.3 is 10.1 Å². The van der Waals surface area contributed by atoms with Crippen LogP contribution in [0.4, 0.5) is 11.4 Å². The number of hydrogen-bond donors (Lipinski definition) is 1. The van der Waals surface area contributed by atoms with Crippen LogP contribution in [0.2, 0.25) is 0 Å². The summed E-state index contributed by atoms with van der Waals surface area (Å²) in [6, 6.07) is 5.10. The Kier molecular flexibility index (Phi) is 4.45. The first-order chi connectivity index (χ1) is 10.8. The van der Waals surface area contributed by atoms with Gasteiger partial charge in [-0.1, -0.05) is 0 Å². The highest BCUT2D eigenvalue weighted by molar-refractivity contribution is 5.99. The van der Waals surface area contributed by atoms with E-state index in [9.17, 15) is 10.1 Å². The van der Waals surface area contributed by atoms with Crippen LogP contribution in [0.3, 0.4) is 0 Å². The van der Waals surface area contributed by atoms with Crippen molar-refractivity contribution in [3.05, 3.63) is 40.7 Å². The molecule has 0 bridgehead atoms. The van der Waals surface area contributed by atoms with Crippen LogP contribution in [0.25, 0.3) is 10.8 Å². The fourth-order valence-corrected chi connectivity index (χ4v) is 2.66. The highest BCUT2D eigenvalue weighted by atomic mass is 16.6. The summed E-state index contributed by atoms with van der Waals surface area (Å²) in [5.41, 5.74) is 0.984. The lowest BCUT2D eigenvalue weighted by atomic mass is 10.1. The number of ether oxygens (including phenoxy) is 1. The summed E-state index contributed by atoms with van der Waals surface area (Å²) in [4.78, 5) is 17.0. The fraction of sp³-hybridized carbons (Fsp3) is 0.400. The van der Waals surface area contributed by atoms with Crippen molar-refractivity contribution in [2.45, 2.75) is 0 Å². The zero-order valence-electron chi connectivity index (χ0n) is 12.2. The highest BCUT2D eigenvalue weighted by Crippen LogP contribution is 2.30. The van der Waals surface area contributed by atoms with Gasteiger partial charge in [-0.05, 0) is 12.1 Å². The smallest absolute Gasteiger partial charge is 0.278 e. The van der Waals surface area contributed by atoms with Crippen LogP contribution in [0.15, 0.2) is 30.6 Å². The van der Waals surface area contributed by atoms with E-state index in [1.807, 2.05) is 0 Å². The minimum Gasteiger partial charge on any atom is -0.383 e. The summed E-state index contributed by atoms with van der Waals surface area (Å²) in [6.07, 6.45) is 3.19. The van der Waals surface area contributed by atoms with Gasteiger partial charge >= 0.3 is 0 Å². The number of aromatic nitrogens is 1. The number of nitro groups is 1. The zero-order chi connectivity index (χ0) is 15.4. The summed E-state index contributed by atoms with van der Waals surface area (Å²) < 4.78 is 5.32. The number of benzene rings is 1. The van der Waals surface area contributed by atoms with Gasteiger partial charge in [0.1, 0.15) is 0 Å². The first-order valence-electron chi connectivity index (χ1n) is 7.31. The van der Waals surface area contributed by atoms with Crippen LogP contribution in [-0.2, 0) is 4.74 Å². The number of nitro benzene ring substituents is 1. The monoisotopic (exact) mass is 302 g/mol. The van der Waals surface area contributed by atoms with Crippen LogP contribution in [0.1, 0.15) is 0 Å². The third kappa shape index (κ3) is 3.15. The fourth-order valence-electron chi connectivity index (χ4n) is 2.66. The van der Waals surface area contributed by atoms with Crippen molar-refractivity contribution in [2.24, 2.45) is 0 Å². The molecule has 22 heavy (non-hydrogen) atoms. The van der Waals surface area contributed by atoms with Gasteiger partial charge in [-0.25, -0.2) is 0 Å². The van der Waals surface area contributed by atoms with Gasteiger partial charge in [0.2, 0.25) is 0 Å². The maximum Gasteiger partial charge on any atom is 0.278 e. The molecule has 1 aromatic carbocycles. The molecular weight excluding hydrogens is 284 g/mol. The Morgan fingerprint density at radius 1 is 1.27 bits per heavy atom. The molecule has 1 aliphatic heterocycles. The molecule has 1 aliphatic rings. The summed E-state index contributed by atoms with van der Waals surface area (Å²) in [5.74, 6) is 0. The molecule has 0 unspecified atom stereocenters. The quantitative estimate of drug-likeness (QED) is 0.671. The molecule has 0 aliphatic carbocycles. The first-order valence-corrected chi connectivity index (χ1v) is 7.31. The Hall–Kier alpha value is -2.25. The van der Waals surface area contributed by atoms with Crippen LogP contribution in [0, 0.1) is 10.1 Å². The van der Waals surface area contributed by atoms with E-state index >= 15 is 0 Å². The van der Waals surface area contributed by atoms with Crippen LogP contribution < -0.4 is 5.32 Å². The number of morpholine rings is 1. The third-order valence-corrected chi connectivity index (χ3v) is 3.84. The maximum atomic E-state index is 11.1. The van der Waals surface area contributed by atoms with E-state index in [2.05, 4.69) is 15.2 Å². The topological polar surface area (TPSA) is 80.5 Å². The molecule has 3 rings (SSSR count). The zero-order valence-corrected chi connectivity index (χ0v) is 12.2. The van der Waals surface area contributed by atoms with Crippen molar-refractivity contribution < 1.29 is 9.66 Å². The molecule has 2 aromatic rings. The van der Waals surface area contributed by atoms with Crippen LogP contribution in [-0.4, -0.2) is 54.2 Å². The summed E-state index contributed by atoms with van der Waals surface area (Å²) in [5, 5.41) is 15.8. The van der Waals surface area contributed by atoms with E-state index < -0.39 is 0 Å². The second-order valence-electron chi connectivity index (χ2n) is 5.19. The molecule has 1 aromatic heterocycles. The summed E-state index contributed by atoms with van der Waals surface area (Å²) in [7, 11) is 0. The molecule has 1 saturated heterocycles. The van der Waals surface area contributed by atoms with Crippen LogP contribution >= 0.6 is 0 Å². The van der Waals surface area contributed by atoms with Crippen molar-refractivity contribution in [2.75, 3.05) is 44.7 Å². The molecule has 0 radical (unpaired) electrons. The Bertz CT molecular complexity index is 671. The third-order valence-electron chi connectivity index (χ3n) is 3.84. The number of nitrogens with zero attached hydrogens (tertiary/aromatic N) is 3. The van der Waals surface area contributed by atoms with Gasteiger partial charge in [0, 0.05) is 55.7 Å². The van der Waals surface area contributed by atoms with Crippen molar-refractivity contribution >= 4 is 22.1 Å². The van der Waals surface area contributed by atoms with Crippen LogP contribution in [0.5, 0.6) is 0 Å². The largest absolute Gasteiger partial charge is 0.383 e. The normalized spacial score (nSPS) is 15.8. The number of hydrogen-bond acceptors (Lipinski definition) is 6. The standard InChI is InChI=1S/C15H18N4O3/c20-19(21)15-2-1-14(12-3-4-16-11-13(12)15)17-5-6-18-7-9-22-10-8-18/h1-4,11,17H,5-10H2. The molecule has 1 N–H and O–H groups in total. The van der Waals surface area contributed by atoms with Gasteiger partial charge in [0.05, 0.1) is 23.5 Å². The Morgan fingerprint density at radius 2 is 2.09 bits per heavy atom. The van der Waals surface area contributed by atoms with Crippen molar-refractivity contribution in [1.82, 2.24) is 9.88 Å². The van der Waals surface area contributed by atoms with Crippen molar-refractivity contribution in [3.8, 4) is 0 Å². The molecule has 7 nitrogen and oxygen atoms in total. The Labute approximate surface area is 128 Å². The van der Waals surface area contributed by atoms with Gasteiger partial charge in [-0.3, -0.25) is 20.0 Å². The Morgan fingerprint density at radius 3 is 2.86 bits per heavy atom. The molecule has 0 spiro atoms. The van der Waals surface area contributed by atoms with Crippen molar-refractivity contribution in [3.63, 3.8) is 0 Å². The molecular formula is C15H18N4O3. The summed E-state index contributed by atoms with van der Waals surface area (Å²) >= 11 is 0. The second-order valence-corrected chi connectivity index (χ2v) is 5.19. The molecule has 0 atom stereocenters. The summed E-state index contributed by atoms with van der Waals surface area (Å²) in [6.45, 7) is 5.18. The molecule has 1 fully saturated rings. The average Bonchev–Trinajstić information content (AvgIpc) is 2.55. The SMILES string of the molecule is O=[N+]([O-])c1ccc(NCCN2CCOCC2)c2ccncc12. The van der Waals surface area contributed by atoms with Gasteiger partial charge in [-0.15, -0.1) is 0 Å². The van der Waals surface area contributed by atoms with E-state index in [1.54, 1.807) is 24.5 Å². The first kappa shape index (κ1) is 14.7. The van der Waals surface area contributed by atoms with Crippen molar-refractivity contribution in [1.29, 1.82) is 0 Å². The molecule has 0 amide bonds. The number of anilines is 1. The van der Waals surface area contributed by atoms with Gasteiger partial charge in [-0.2, -0.15) is 0 Å².